The van der Waals surface area contributed by atoms with Crippen LogP contribution < -0.4 is 10.3 Å². The third-order valence-corrected chi connectivity index (χ3v) is 7.85. The maximum atomic E-state index is 13.4. The third-order valence-electron chi connectivity index (χ3n) is 5.22. The Hall–Kier alpha value is -3.12. The summed E-state index contributed by atoms with van der Waals surface area (Å²) in [6, 6.07) is 17.9. The van der Waals surface area contributed by atoms with Crippen molar-refractivity contribution in [3.8, 4) is 0 Å². The number of aliphatic hydroxyl groups excluding tert-OH is 1. The first kappa shape index (κ1) is 25.0. The number of hydrogen-bond acceptors (Lipinski definition) is 5. The molecule has 0 radical (unpaired) electrons. The molecule has 0 saturated carbocycles. The molecule has 0 spiro atoms. The van der Waals surface area contributed by atoms with E-state index in [0.717, 1.165) is 33.6 Å². The van der Waals surface area contributed by atoms with E-state index in [2.05, 4.69) is 9.71 Å². The molecule has 0 aliphatic rings. The number of nitrogens with one attached hydrogen (secondary N) is 2. The minimum absolute atomic E-state index is 0.109. The van der Waals surface area contributed by atoms with Crippen molar-refractivity contribution in [2.75, 3.05) is 0 Å². The molecular weight excluding hydrogens is 501 g/mol. The summed E-state index contributed by atoms with van der Waals surface area (Å²) in [6.07, 6.45) is -4.83. The molecule has 0 bridgehead atoms. The number of aromatic nitrogens is 1. The Labute approximate surface area is 202 Å². The molecular formula is C24H19F3N2O4S2. The standard InChI is InChI=1S/C24H19F3N2O4S2/c25-24(26,27)19-12-23(31)29-20-10-9-17(11-18(19)20)35(32,33)28-13-15-5-1-3-7-21(15)34-22-8-4-2-6-16(22)14-30/h1-12,28,30H,13-14H2,(H,29,31). The van der Waals surface area contributed by atoms with Gasteiger partial charge < -0.3 is 10.1 Å². The number of H-pyrrole nitrogens is 1. The molecule has 3 N–H and O–H groups in total. The lowest BCUT2D eigenvalue weighted by molar-refractivity contribution is -0.136. The van der Waals surface area contributed by atoms with E-state index in [1.54, 1.807) is 30.3 Å². The molecule has 11 heteroatoms. The second kappa shape index (κ2) is 9.86. The molecule has 1 heterocycles. The van der Waals surface area contributed by atoms with Crippen LogP contribution >= 0.6 is 11.8 Å². The Balaban J connectivity index is 1.63. The van der Waals surface area contributed by atoms with Gasteiger partial charge in [0.2, 0.25) is 15.6 Å². The van der Waals surface area contributed by atoms with Crippen molar-refractivity contribution in [1.29, 1.82) is 0 Å². The van der Waals surface area contributed by atoms with Crippen LogP contribution in [0.15, 0.2) is 92.3 Å². The van der Waals surface area contributed by atoms with E-state index in [1.807, 2.05) is 18.2 Å². The molecule has 0 aliphatic carbocycles. The molecule has 0 atom stereocenters. The van der Waals surface area contributed by atoms with Crippen LogP contribution in [0.5, 0.6) is 0 Å². The smallest absolute Gasteiger partial charge is 0.392 e. The fourth-order valence-electron chi connectivity index (χ4n) is 3.49. The lowest BCUT2D eigenvalue weighted by Gasteiger charge is -2.14. The molecule has 0 fully saturated rings. The van der Waals surface area contributed by atoms with E-state index in [1.165, 1.54) is 11.8 Å². The van der Waals surface area contributed by atoms with Crippen LogP contribution in [0.25, 0.3) is 10.9 Å². The molecule has 0 aliphatic heterocycles. The highest BCUT2D eigenvalue weighted by Crippen LogP contribution is 2.35. The van der Waals surface area contributed by atoms with Crippen LogP contribution in [0.1, 0.15) is 16.7 Å². The van der Waals surface area contributed by atoms with E-state index >= 15 is 0 Å². The highest BCUT2D eigenvalue weighted by atomic mass is 32.2. The molecule has 4 aromatic rings. The summed E-state index contributed by atoms with van der Waals surface area (Å²) in [4.78, 5) is 15.1. The quantitative estimate of drug-likeness (QED) is 0.329. The molecule has 35 heavy (non-hydrogen) atoms. The Kier molecular flexibility index (Phi) is 7.04. The van der Waals surface area contributed by atoms with E-state index in [0.29, 0.717) is 11.6 Å². The number of fused-ring (bicyclic) bond motifs is 1. The van der Waals surface area contributed by atoms with Crippen LogP contribution in [-0.2, 0) is 29.4 Å². The lowest BCUT2D eigenvalue weighted by atomic mass is 10.1. The number of alkyl halides is 3. The summed E-state index contributed by atoms with van der Waals surface area (Å²) in [5.41, 5.74) is -0.890. The van der Waals surface area contributed by atoms with Gasteiger partial charge in [-0.1, -0.05) is 48.2 Å². The molecule has 182 valence electrons. The van der Waals surface area contributed by atoms with E-state index in [4.69, 9.17) is 0 Å². The van der Waals surface area contributed by atoms with Crippen molar-refractivity contribution in [2.24, 2.45) is 0 Å². The first-order chi connectivity index (χ1) is 16.6. The lowest BCUT2D eigenvalue weighted by Crippen LogP contribution is -2.23. The SMILES string of the molecule is O=c1cc(C(F)(F)F)c2cc(S(=O)(=O)NCc3ccccc3Sc3ccccc3CO)ccc2[nH]1. The average molecular weight is 521 g/mol. The van der Waals surface area contributed by atoms with Crippen LogP contribution in [0.4, 0.5) is 13.2 Å². The molecule has 1 aromatic heterocycles. The number of pyridine rings is 1. The Morgan fingerprint density at radius 1 is 0.914 bits per heavy atom. The zero-order chi connectivity index (χ0) is 25.2. The summed E-state index contributed by atoms with van der Waals surface area (Å²) < 4.78 is 68.6. The van der Waals surface area contributed by atoms with Gasteiger partial charge in [-0.2, -0.15) is 13.2 Å². The maximum absolute atomic E-state index is 13.4. The molecule has 0 amide bonds. The van der Waals surface area contributed by atoms with Gasteiger partial charge in [-0.25, -0.2) is 13.1 Å². The van der Waals surface area contributed by atoms with Crippen molar-refractivity contribution < 1.29 is 26.7 Å². The summed E-state index contributed by atoms with van der Waals surface area (Å²) in [7, 11) is -4.18. The number of halogens is 3. The molecule has 3 aromatic carbocycles. The Morgan fingerprint density at radius 2 is 1.54 bits per heavy atom. The topological polar surface area (TPSA) is 99.3 Å². The second-order valence-corrected chi connectivity index (χ2v) is 10.4. The van der Waals surface area contributed by atoms with Crippen molar-refractivity contribution in [3.63, 3.8) is 0 Å². The van der Waals surface area contributed by atoms with Gasteiger partial charge in [-0.3, -0.25) is 4.79 Å². The minimum atomic E-state index is -4.83. The van der Waals surface area contributed by atoms with Gasteiger partial charge in [0.25, 0.3) is 0 Å². The fraction of sp³-hybridized carbons (Fsp3) is 0.125. The summed E-state index contributed by atoms with van der Waals surface area (Å²) in [6.45, 7) is -0.256. The number of aromatic amines is 1. The monoisotopic (exact) mass is 520 g/mol. The van der Waals surface area contributed by atoms with Crippen molar-refractivity contribution in [1.82, 2.24) is 9.71 Å². The zero-order valence-corrected chi connectivity index (χ0v) is 19.6. The molecule has 6 nitrogen and oxygen atoms in total. The minimum Gasteiger partial charge on any atom is -0.392 e. The largest absolute Gasteiger partial charge is 0.417 e. The highest BCUT2D eigenvalue weighted by molar-refractivity contribution is 7.99. The van der Waals surface area contributed by atoms with Gasteiger partial charge >= 0.3 is 6.18 Å². The van der Waals surface area contributed by atoms with Crippen molar-refractivity contribution >= 4 is 32.7 Å². The number of hydrogen-bond donors (Lipinski definition) is 3. The first-order valence-corrected chi connectivity index (χ1v) is 12.6. The summed E-state index contributed by atoms with van der Waals surface area (Å²) >= 11 is 1.37. The van der Waals surface area contributed by atoms with Crippen LogP contribution in [0.2, 0.25) is 0 Å². The number of aliphatic hydroxyl groups is 1. The van der Waals surface area contributed by atoms with Gasteiger partial charge in [0.15, 0.2) is 0 Å². The van der Waals surface area contributed by atoms with Gasteiger partial charge in [-0.05, 0) is 41.5 Å². The predicted octanol–water partition coefficient (Wildman–Crippen LogP) is 4.67. The maximum Gasteiger partial charge on any atom is 0.417 e. The van der Waals surface area contributed by atoms with Crippen LogP contribution in [0, 0.1) is 0 Å². The number of benzene rings is 3. The van der Waals surface area contributed by atoms with E-state index < -0.39 is 32.7 Å². The first-order valence-electron chi connectivity index (χ1n) is 10.3. The van der Waals surface area contributed by atoms with Gasteiger partial charge in [0, 0.05) is 33.3 Å². The fourth-order valence-corrected chi connectivity index (χ4v) is 5.59. The molecule has 4 rings (SSSR count). The highest BCUT2D eigenvalue weighted by Gasteiger charge is 2.33. The number of rotatable bonds is 7. The van der Waals surface area contributed by atoms with Gasteiger partial charge in [-0.15, -0.1) is 0 Å². The van der Waals surface area contributed by atoms with Crippen molar-refractivity contribution in [2.45, 2.75) is 34.0 Å². The zero-order valence-electron chi connectivity index (χ0n) is 18.0. The Bertz CT molecular complexity index is 1550. The van der Waals surface area contributed by atoms with Gasteiger partial charge in [0.05, 0.1) is 17.1 Å². The Morgan fingerprint density at radius 3 is 2.20 bits per heavy atom. The summed E-state index contributed by atoms with van der Waals surface area (Å²) in [5, 5.41) is 9.15. The van der Waals surface area contributed by atoms with E-state index in [9.17, 15) is 31.5 Å². The van der Waals surface area contributed by atoms with Gasteiger partial charge in [0.1, 0.15) is 0 Å². The third kappa shape index (κ3) is 5.59. The van der Waals surface area contributed by atoms with Crippen molar-refractivity contribution in [3.05, 3.63) is 99.8 Å². The predicted molar refractivity (Wildman–Crippen MR) is 127 cm³/mol. The average Bonchev–Trinajstić information content (AvgIpc) is 2.82. The van der Waals surface area contributed by atoms with Crippen LogP contribution in [0.3, 0.4) is 0 Å². The number of sulfonamides is 1. The normalized spacial score (nSPS) is 12.2. The second-order valence-electron chi connectivity index (χ2n) is 7.55. The van der Waals surface area contributed by atoms with Crippen LogP contribution in [-0.4, -0.2) is 18.5 Å². The van der Waals surface area contributed by atoms with E-state index in [-0.39, 0.29) is 23.6 Å². The summed E-state index contributed by atoms with van der Waals surface area (Å²) in [5.74, 6) is 0. The molecule has 0 unspecified atom stereocenters. The molecule has 0 saturated heterocycles.